The third kappa shape index (κ3) is 2.28. The van der Waals surface area contributed by atoms with Crippen LogP contribution in [-0.2, 0) is 0 Å². The summed E-state index contributed by atoms with van der Waals surface area (Å²) in [6.45, 7) is 1.84. The number of anilines is 1. The van der Waals surface area contributed by atoms with Crippen molar-refractivity contribution in [3.05, 3.63) is 24.0 Å². The smallest absolute Gasteiger partial charge is 0.180 e. The fraction of sp³-hybridized carbons (Fsp3) is 0.400. The fourth-order valence-electron chi connectivity index (χ4n) is 1.03. The van der Waals surface area contributed by atoms with Crippen LogP contribution in [0.25, 0.3) is 0 Å². The van der Waals surface area contributed by atoms with E-state index in [9.17, 15) is 4.79 Å². The molecule has 70 valence electrons. The number of hydrogen-bond donors (Lipinski definition) is 0. The topological polar surface area (TPSA) is 33.2 Å². The van der Waals surface area contributed by atoms with Gasteiger partial charge in [-0.2, -0.15) is 0 Å². The number of rotatable bonds is 3. The van der Waals surface area contributed by atoms with E-state index in [1.807, 2.05) is 38.1 Å². The monoisotopic (exact) mass is 178 g/mol. The Bertz CT molecular complexity index is 308. The predicted molar refractivity (Wildman–Crippen MR) is 53.2 cm³/mol. The van der Waals surface area contributed by atoms with Gasteiger partial charge < -0.3 is 4.90 Å². The Hall–Kier alpha value is -1.38. The molecular formula is C10H14N2O. The maximum absolute atomic E-state index is 11.3. The molecule has 0 saturated carbocycles. The lowest BCUT2D eigenvalue weighted by Crippen LogP contribution is -2.10. The van der Waals surface area contributed by atoms with Crippen molar-refractivity contribution < 1.29 is 4.79 Å². The summed E-state index contributed by atoms with van der Waals surface area (Å²) in [5.41, 5.74) is 1.56. The van der Waals surface area contributed by atoms with E-state index in [4.69, 9.17) is 0 Å². The first-order valence-electron chi connectivity index (χ1n) is 4.31. The molecular weight excluding hydrogens is 164 g/mol. The molecule has 0 aromatic carbocycles. The molecule has 1 aromatic rings. The average molecular weight is 178 g/mol. The van der Waals surface area contributed by atoms with E-state index >= 15 is 0 Å². The molecule has 0 fully saturated rings. The summed E-state index contributed by atoms with van der Waals surface area (Å²) in [7, 11) is 3.88. The van der Waals surface area contributed by atoms with E-state index in [0.717, 1.165) is 5.69 Å². The Morgan fingerprint density at radius 2 is 2.23 bits per heavy atom. The Morgan fingerprint density at radius 3 is 2.77 bits per heavy atom. The highest BCUT2D eigenvalue weighted by Gasteiger charge is 2.05. The minimum absolute atomic E-state index is 0.0868. The van der Waals surface area contributed by atoms with Gasteiger partial charge in [0.2, 0.25) is 0 Å². The molecule has 3 heteroatoms. The van der Waals surface area contributed by atoms with Crippen LogP contribution in [0.5, 0.6) is 0 Å². The second-order valence-corrected chi connectivity index (χ2v) is 3.07. The maximum atomic E-state index is 11.3. The van der Waals surface area contributed by atoms with Crippen LogP contribution in [0.3, 0.4) is 0 Å². The maximum Gasteiger partial charge on any atom is 0.180 e. The van der Waals surface area contributed by atoms with Gasteiger partial charge in [0.25, 0.3) is 0 Å². The molecule has 1 aromatic heterocycles. The molecule has 0 aliphatic heterocycles. The third-order valence-corrected chi connectivity index (χ3v) is 1.87. The van der Waals surface area contributed by atoms with Gasteiger partial charge in [-0.05, 0) is 12.1 Å². The van der Waals surface area contributed by atoms with Crippen LogP contribution in [0.1, 0.15) is 23.8 Å². The van der Waals surface area contributed by atoms with Crippen LogP contribution >= 0.6 is 0 Å². The van der Waals surface area contributed by atoms with Crippen molar-refractivity contribution >= 4 is 11.5 Å². The molecule has 1 rings (SSSR count). The van der Waals surface area contributed by atoms with Gasteiger partial charge >= 0.3 is 0 Å². The molecule has 0 aliphatic carbocycles. The minimum Gasteiger partial charge on any atom is -0.378 e. The number of pyridine rings is 1. The lowest BCUT2D eigenvalue weighted by Gasteiger charge is -2.12. The van der Waals surface area contributed by atoms with Crippen molar-refractivity contribution in [1.29, 1.82) is 0 Å². The van der Waals surface area contributed by atoms with Gasteiger partial charge in [-0.15, -0.1) is 0 Å². The Morgan fingerprint density at radius 1 is 1.54 bits per heavy atom. The normalized spacial score (nSPS) is 9.77. The standard InChI is InChI=1S/C10H14N2O/c1-4-10(13)9-7-8(12(2)3)5-6-11-9/h5-7H,4H2,1-3H3. The van der Waals surface area contributed by atoms with E-state index in [1.165, 1.54) is 0 Å². The first-order valence-corrected chi connectivity index (χ1v) is 4.31. The number of carbonyl (C=O) groups is 1. The lowest BCUT2D eigenvalue weighted by atomic mass is 10.2. The molecule has 0 saturated heterocycles. The second kappa shape index (κ2) is 4.03. The van der Waals surface area contributed by atoms with Crippen molar-refractivity contribution in [2.75, 3.05) is 19.0 Å². The first kappa shape index (κ1) is 9.71. The Balaban J connectivity index is 2.98. The van der Waals surface area contributed by atoms with Crippen LogP contribution in [0.4, 0.5) is 5.69 Å². The number of carbonyl (C=O) groups excluding carboxylic acids is 1. The lowest BCUT2D eigenvalue weighted by molar-refractivity contribution is 0.0983. The summed E-state index contributed by atoms with van der Waals surface area (Å²) in [5, 5.41) is 0. The molecule has 3 nitrogen and oxygen atoms in total. The summed E-state index contributed by atoms with van der Waals surface area (Å²) < 4.78 is 0. The van der Waals surface area contributed by atoms with Gasteiger partial charge in [0, 0.05) is 32.4 Å². The fourth-order valence-corrected chi connectivity index (χ4v) is 1.03. The third-order valence-electron chi connectivity index (χ3n) is 1.87. The summed E-state index contributed by atoms with van der Waals surface area (Å²) in [5.74, 6) is 0.0868. The number of hydrogen-bond acceptors (Lipinski definition) is 3. The van der Waals surface area contributed by atoms with Crippen LogP contribution in [0.2, 0.25) is 0 Å². The molecule has 0 amide bonds. The summed E-state index contributed by atoms with van der Waals surface area (Å²) in [4.78, 5) is 17.3. The Labute approximate surface area is 78.4 Å². The molecule has 0 aliphatic rings. The van der Waals surface area contributed by atoms with Crippen molar-refractivity contribution in [2.45, 2.75) is 13.3 Å². The minimum atomic E-state index is 0.0868. The van der Waals surface area contributed by atoms with E-state index < -0.39 is 0 Å². The van der Waals surface area contributed by atoms with Crippen LogP contribution < -0.4 is 4.90 Å². The molecule has 0 atom stereocenters. The largest absolute Gasteiger partial charge is 0.378 e. The zero-order chi connectivity index (χ0) is 9.84. The molecule has 13 heavy (non-hydrogen) atoms. The highest BCUT2D eigenvalue weighted by molar-refractivity contribution is 5.94. The Kier molecular flexibility index (Phi) is 3.01. The number of aromatic nitrogens is 1. The SMILES string of the molecule is CCC(=O)c1cc(N(C)C)ccn1. The first-order chi connectivity index (χ1) is 6.15. The highest BCUT2D eigenvalue weighted by atomic mass is 16.1. The van der Waals surface area contributed by atoms with Gasteiger partial charge in [0.15, 0.2) is 5.78 Å². The van der Waals surface area contributed by atoms with Gasteiger partial charge in [-0.1, -0.05) is 6.92 Å². The van der Waals surface area contributed by atoms with Crippen molar-refractivity contribution in [2.24, 2.45) is 0 Å². The van der Waals surface area contributed by atoms with Gasteiger partial charge in [0.1, 0.15) is 5.69 Å². The van der Waals surface area contributed by atoms with E-state index in [2.05, 4.69) is 4.98 Å². The molecule has 0 spiro atoms. The highest BCUT2D eigenvalue weighted by Crippen LogP contribution is 2.11. The van der Waals surface area contributed by atoms with Gasteiger partial charge in [-0.25, -0.2) is 0 Å². The predicted octanol–water partition coefficient (Wildman–Crippen LogP) is 1.74. The van der Waals surface area contributed by atoms with Crippen molar-refractivity contribution in [3.8, 4) is 0 Å². The zero-order valence-electron chi connectivity index (χ0n) is 8.24. The van der Waals surface area contributed by atoms with Gasteiger partial charge in [0.05, 0.1) is 0 Å². The number of Topliss-reactive ketones (excluding diaryl/α,β-unsaturated/α-hetero) is 1. The molecule has 0 radical (unpaired) electrons. The summed E-state index contributed by atoms with van der Waals surface area (Å²) >= 11 is 0. The van der Waals surface area contributed by atoms with Crippen molar-refractivity contribution in [3.63, 3.8) is 0 Å². The second-order valence-electron chi connectivity index (χ2n) is 3.07. The zero-order valence-corrected chi connectivity index (χ0v) is 8.24. The van der Waals surface area contributed by atoms with Crippen LogP contribution in [0.15, 0.2) is 18.3 Å². The summed E-state index contributed by atoms with van der Waals surface area (Å²) in [6, 6.07) is 3.69. The molecule has 0 bridgehead atoms. The van der Waals surface area contributed by atoms with Crippen LogP contribution in [0, 0.1) is 0 Å². The number of ketones is 1. The summed E-state index contributed by atoms with van der Waals surface area (Å²) in [6.07, 6.45) is 2.17. The van der Waals surface area contributed by atoms with E-state index in [0.29, 0.717) is 12.1 Å². The average Bonchev–Trinajstić information content (AvgIpc) is 2.17. The van der Waals surface area contributed by atoms with Gasteiger partial charge in [-0.3, -0.25) is 9.78 Å². The molecule has 1 heterocycles. The van der Waals surface area contributed by atoms with Crippen LogP contribution in [-0.4, -0.2) is 24.9 Å². The van der Waals surface area contributed by atoms with Crippen molar-refractivity contribution in [1.82, 2.24) is 4.98 Å². The van der Waals surface area contributed by atoms with E-state index in [-0.39, 0.29) is 5.78 Å². The molecule has 0 unspecified atom stereocenters. The number of nitrogens with zero attached hydrogens (tertiary/aromatic N) is 2. The molecule has 0 N–H and O–H groups in total. The van der Waals surface area contributed by atoms with E-state index in [1.54, 1.807) is 6.20 Å². The quantitative estimate of drug-likeness (QED) is 0.661.